The second-order valence-electron chi connectivity index (χ2n) is 9.15. The van der Waals surface area contributed by atoms with E-state index >= 15 is 0 Å². The Bertz CT molecular complexity index is 1050. The van der Waals surface area contributed by atoms with Crippen LogP contribution in [0.5, 0.6) is 17.2 Å². The Hall–Kier alpha value is -3.22. The van der Waals surface area contributed by atoms with E-state index in [1.807, 2.05) is 36.2 Å². The number of carbonyl (C=O) groups excluding carboxylic acids is 2. The van der Waals surface area contributed by atoms with Crippen molar-refractivity contribution in [3.63, 3.8) is 0 Å². The Balaban J connectivity index is 1.85. The minimum Gasteiger partial charge on any atom is -0.497 e. The van der Waals surface area contributed by atoms with Crippen LogP contribution in [0.2, 0.25) is 0 Å². The van der Waals surface area contributed by atoms with Gasteiger partial charge in [0.2, 0.25) is 5.91 Å². The van der Waals surface area contributed by atoms with E-state index in [9.17, 15) is 9.59 Å². The van der Waals surface area contributed by atoms with Crippen molar-refractivity contribution >= 4 is 11.8 Å². The molecule has 0 bridgehead atoms. The molecular weight excluding hydrogens is 432 g/mol. The van der Waals surface area contributed by atoms with Crippen LogP contribution in [0, 0.1) is 0 Å². The highest BCUT2D eigenvalue weighted by Gasteiger charge is 2.45. The molecule has 182 valence electrons. The van der Waals surface area contributed by atoms with Gasteiger partial charge in [0.05, 0.1) is 33.3 Å². The van der Waals surface area contributed by atoms with Gasteiger partial charge < -0.3 is 24.0 Å². The Morgan fingerprint density at radius 1 is 0.941 bits per heavy atom. The molecule has 1 aliphatic heterocycles. The fourth-order valence-corrected chi connectivity index (χ4v) is 5.40. The first-order chi connectivity index (χ1) is 16.4. The van der Waals surface area contributed by atoms with E-state index in [1.54, 1.807) is 45.4 Å². The summed E-state index contributed by atoms with van der Waals surface area (Å²) in [5.74, 6) is 0.991. The van der Waals surface area contributed by atoms with Crippen molar-refractivity contribution in [2.45, 2.75) is 50.1 Å². The second-order valence-corrected chi connectivity index (χ2v) is 9.15. The van der Waals surface area contributed by atoms with E-state index in [0.29, 0.717) is 22.6 Å². The lowest BCUT2D eigenvalue weighted by atomic mass is 9.78. The van der Waals surface area contributed by atoms with Gasteiger partial charge in [0.15, 0.2) is 11.5 Å². The minimum atomic E-state index is -0.571. The van der Waals surface area contributed by atoms with Gasteiger partial charge in [-0.1, -0.05) is 31.4 Å². The highest BCUT2D eigenvalue weighted by Crippen LogP contribution is 2.46. The predicted octanol–water partition coefficient (Wildman–Crippen LogP) is 4.41. The van der Waals surface area contributed by atoms with Gasteiger partial charge in [-0.05, 0) is 48.2 Å². The molecule has 7 nitrogen and oxygen atoms in total. The van der Waals surface area contributed by atoms with Gasteiger partial charge in [-0.15, -0.1) is 0 Å². The molecule has 0 unspecified atom stereocenters. The van der Waals surface area contributed by atoms with Gasteiger partial charge in [-0.2, -0.15) is 0 Å². The molecule has 2 atom stereocenters. The first kappa shape index (κ1) is 23.9. The Morgan fingerprint density at radius 3 is 2.15 bits per heavy atom. The number of ether oxygens (including phenoxy) is 3. The van der Waals surface area contributed by atoms with Gasteiger partial charge in [0.25, 0.3) is 5.91 Å². The van der Waals surface area contributed by atoms with Crippen LogP contribution in [0.25, 0.3) is 0 Å². The SMILES string of the molecule is COc1ccc([C@H]2[C@@H](C(=O)N(C)C3CCCCC3)c3cc(OC)c(OC)cc3C(=O)N2C)cc1. The van der Waals surface area contributed by atoms with Crippen LogP contribution < -0.4 is 14.2 Å². The van der Waals surface area contributed by atoms with E-state index < -0.39 is 12.0 Å². The minimum absolute atomic E-state index is 0.0144. The largest absolute Gasteiger partial charge is 0.497 e. The zero-order chi connectivity index (χ0) is 24.4. The van der Waals surface area contributed by atoms with Crippen molar-refractivity contribution in [2.75, 3.05) is 35.4 Å². The van der Waals surface area contributed by atoms with Crippen molar-refractivity contribution in [1.82, 2.24) is 9.80 Å². The van der Waals surface area contributed by atoms with Gasteiger partial charge in [0.1, 0.15) is 5.75 Å². The molecule has 0 aromatic heterocycles. The van der Waals surface area contributed by atoms with Crippen molar-refractivity contribution in [3.8, 4) is 17.2 Å². The van der Waals surface area contributed by atoms with E-state index in [1.165, 1.54) is 6.42 Å². The van der Waals surface area contributed by atoms with Crippen molar-refractivity contribution in [1.29, 1.82) is 0 Å². The molecule has 0 saturated heterocycles. The van der Waals surface area contributed by atoms with E-state index in [2.05, 4.69) is 0 Å². The Kier molecular flexibility index (Phi) is 7.00. The summed E-state index contributed by atoms with van der Waals surface area (Å²) in [5.41, 5.74) is 2.03. The first-order valence-electron chi connectivity index (χ1n) is 11.8. The average Bonchev–Trinajstić information content (AvgIpc) is 2.89. The number of nitrogens with zero attached hydrogens (tertiary/aromatic N) is 2. The van der Waals surface area contributed by atoms with Crippen LogP contribution in [0.1, 0.15) is 65.5 Å². The van der Waals surface area contributed by atoms with Crippen LogP contribution in [0.4, 0.5) is 0 Å². The molecule has 1 saturated carbocycles. The summed E-state index contributed by atoms with van der Waals surface area (Å²) in [6, 6.07) is 10.8. The number of hydrogen-bond acceptors (Lipinski definition) is 5. The lowest BCUT2D eigenvalue weighted by Crippen LogP contribution is -2.48. The van der Waals surface area contributed by atoms with Crippen molar-refractivity contribution in [2.24, 2.45) is 0 Å². The summed E-state index contributed by atoms with van der Waals surface area (Å²) in [4.78, 5) is 31.3. The third-order valence-electron chi connectivity index (χ3n) is 7.37. The maximum Gasteiger partial charge on any atom is 0.254 e. The molecule has 0 radical (unpaired) electrons. The molecule has 7 heteroatoms. The number of rotatable bonds is 6. The molecule has 34 heavy (non-hydrogen) atoms. The van der Waals surface area contributed by atoms with Crippen molar-refractivity contribution in [3.05, 3.63) is 53.1 Å². The van der Waals surface area contributed by atoms with E-state index in [4.69, 9.17) is 14.2 Å². The van der Waals surface area contributed by atoms with E-state index in [-0.39, 0.29) is 17.9 Å². The van der Waals surface area contributed by atoms with Gasteiger partial charge in [-0.3, -0.25) is 9.59 Å². The Morgan fingerprint density at radius 2 is 1.56 bits per heavy atom. The summed E-state index contributed by atoms with van der Waals surface area (Å²) in [6.07, 6.45) is 5.50. The summed E-state index contributed by atoms with van der Waals surface area (Å²) in [5, 5.41) is 0. The van der Waals surface area contributed by atoms with Gasteiger partial charge >= 0.3 is 0 Å². The predicted molar refractivity (Wildman–Crippen MR) is 130 cm³/mol. The molecule has 0 N–H and O–H groups in total. The van der Waals surface area contributed by atoms with Crippen LogP contribution >= 0.6 is 0 Å². The zero-order valence-electron chi connectivity index (χ0n) is 20.7. The fourth-order valence-electron chi connectivity index (χ4n) is 5.40. The number of carbonyl (C=O) groups is 2. The number of fused-ring (bicyclic) bond motifs is 1. The molecule has 0 spiro atoms. The molecule has 2 aromatic carbocycles. The normalized spacial score (nSPS) is 20.5. The average molecular weight is 467 g/mol. The third-order valence-corrected chi connectivity index (χ3v) is 7.37. The molecule has 4 rings (SSSR count). The topological polar surface area (TPSA) is 68.3 Å². The number of hydrogen-bond donors (Lipinski definition) is 0. The standard InChI is InChI=1S/C27H34N2O5/c1-28(18-9-7-6-8-10-18)27(31)24-20-15-22(33-4)23(34-5)16-21(20)26(30)29(2)25(24)17-11-13-19(32-3)14-12-17/h11-16,18,24-25H,6-10H2,1-5H3/t24-,25-/m0/s1. The highest BCUT2D eigenvalue weighted by atomic mass is 16.5. The van der Waals surface area contributed by atoms with Gasteiger partial charge in [-0.25, -0.2) is 0 Å². The van der Waals surface area contributed by atoms with Crippen LogP contribution in [0.15, 0.2) is 36.4 Å². The Labute approximate surface area is 201 Å². The van der Waals surface area contributed by atoms with E-state index in [0.717, 1.165) is 37.0 Å². The number of methoxy groups -OCH3 is 3. The highest BCUT2D eigenvalue weighted by molar-refractivity contribution is 6.02. The van der Waals surface area contributed by atoms with Crippen LogP contribution in [0.3, 0.4) is 0 Å². The lowest BCUT2D eigenvalue weighted by Gasteiger charge is -2.43. The summed E-state index contributed by atoms with van der Waals surface area (Å²) >= 11 is 0. The lowest BCUT2D eigenvalue weighted by molar-refractivity contribution is -0.135. The first-order valence-corrected chi connectivity index (χ1v) is 11.8. The van der Waals surface area contributed by atoms with Crippen LogP contribution in [-0.2, 0) is 4.79 Å². The number of amides is 2. The monoisotopic (exact) mass is 466 g/mol. The molecule has 1 fully saturated rings. The molecule has 1 heterocycles. The smallest absolute Gasteiger partial charge is 0.254 e. The summed E-state index contributed by atoms with van der Waals surface area (Å²) in [7, 11) is 8.39. The second kappa shape index (κ2) is 9.95. The molecule has 2 aromatic rings. The number of benzene rings is 2. The zero-order valence-corrected chi connectivity index (χ0v) is 20.7. The quantitative estimate of drug-likeness (QED) is 0.631. The molecular formula is C27H34N2O5. The van der Waals surface area contributed by atoms with Crippen LogP contribution in [-0.4, -0.2) is 63.1 Å². The molecule has 2 aliphatic rings. The van der Waals surface area contributed by atoms with Gasteiger partial charge in [0, 0.05) is 25.7 Å². The fraction of sp³-hybridized carbons (Fsp3) is 0.481. The molecule has 2 amide bonds. The van der Waals surface area contributed by atoms with Crippen molar-refractivity contribution < 1.29 is 23.8 Å². The maximum atomic E-state index is 14.2. The third kappa shape index (κ3) is 4.19. The molecule has 1 aliphatic carbocycles. The summed E-state index contributed by atoms with van der Waals surface area (Å²) < 4.78 is 16.3. The number of likely N-dealkylation sites (N-methyl/N-ethyl adjacent to an activating group) is 2. The maximum absolute atomic E-state index is 14.2. The summed E-state index contributed by atoms with van der Waals surface area (Å²) in [6.45, 7) is 0.